The molecule has 0 radical (unpaired) electrons. The van der Waals surface area contributed by atoms with Gasteiger partial charge in [0.2, 0.25) is 0 Å². The summed E-state index contributed by atoms with van der Waals surface area (Å²) in [7, 11) is 0. The molecule has 0 saturated heterocycles. The summed E-state index contributed by atoms with van der Waals surface area (Å²) >= 11 is 0. The van der Waals surface area contributed by atoms with Crippen LogP contribution in [0.3, 0.4) is 0 Å². The number of likely N-dealkylation sites (N-methyl/N-ethyl adjacent to an activating group) is 1. The fourth-order valence-corrected chi connectivity index (χ4v) is 3.28. The van der Waals surface area contributed by atoms with Gasteiger partial charge in [0.05, 0.1) is 0 Å². The summed E-state index contributed by atoms with van der Waals surface area (Å²) in [6, 6.07) is 1.61. The standard InChI is InChI=1S/C16H34N2/c1-5-9-16(12-17-6-2)18(13-14(3)4)15-10-7-8-11-15/h14-17H,5-13H2,1-4H3. The Balaban J connectivity index is 2.62. The molecule has 1 atom stereocenters. The largest absolute Gasteiger partial charge is 0.315 e. The van der Waals surface area contributed by atoms with Crippen molar-refractivity contribution >= 4 is 0 Å². The maximum absolute atomic E-state index is 3.57. The number of hydrogen-bond acceptors (Lipinski definition) is 2. The normalized spacial score (nSPS) is 19.0. The second kappa shape index (κ2) is 8.92. The lowest BCUT2D eigenvalue weighted by Gasteiger charge is -2.38. The molecule has 2 nitrogen and oxygen atoms in total. The van der Waals surface area contributed by atoms with Gasteiger partial charge < -0.3 is 5.32 Å². The highest BCUT2D eigenvalue weighted by molar-refractivity contribution is 4.84. The molecule has 108 valence electrons. The Morgan fingerprint density at radius 3 is 2.33 bits per heavy atom. The Labute approximate surface area is 115 Å². The van der Waals surface area contributed by atoms with Crippen LogP contribution in [0.5, 0.6) is 0 Å². The minimum absolute atomic E-state index is 0.750. The van der Waals surface area contributed by atoms with Crippen molar-refractivity contribution in [2.75, 3.05) is 19.6 Å². The van der Waals surface area contributed by atoms with Crippen LogP contribution >= 0.6 is 0 Å². The van der Waals surface area contributed by atoms with Crippen molar-refractivity contribution in [3.63, 3.8) is 0 Å². The zero-order valence-electron chi connectivity index (χ0n) is 13.0. The summed E-state index contributed by atoms with van der Waals surface area (Å²) < 4.78 is 0. The first kappa shape index (κ1) is 16.0. The second-order valence-electron chi connectivity index (χ2n) is 6.28. The molecule has 0 aromatic rings. The van der Waals surface area contributed by atoms with Crippen LogP contribution in [0.4, 0.5) is 0 Å². The summed E-state index contributed by atoms with van der Waals surface area (Å²) in [6.07, 6.45) is 8.39. The molecule has 0 heterocycles. The SMILES string of the molecule is CCCC(CNCC)N(CC(C)C)C1CCCC1. The summed E-state index contributed by atoms with van der Waals surface area (Å²) in [6.45, 7) is 12.8. The first-order valence-corrected chi connectivity index (χ1v) is 8.15. The third kappa shape index (κ3) is 5.27. The molecule has 0 bridgehead atoms. The van der Waals surface area contributed by atoms with Gasteiger partial charge in [-0.3, -0.25) is 4.90 Å². The predicted molar refractivity (Wildman–Crippen MR) is 81.0 cm³/mol. The van der Waals surface area contributed by atoms with Gasteiger partial charge in [-0.25, -0.2) is 0 Å². The molecule has 0 aromatic carbocycles. The van der Waals surface area contributed by atoms with Crippen LogP contribution in [0, 0.1) is 5.92 Å². The summed E-state index contributed by atoms with van der Waals surface area (Å²) in [4.78, 5) is 2.84. The minimum atomic E-state index is 0.750. The van der Waals surface area contributed by atoms with E-state index in [-0.39, 0.29) is 0 Å². The molecule has 0 amide bonds. The van der Waals surface area contributed by atoms with Crippen LogP contribution in [-0.2, 0) is 0 Å². The van der Waals surface area contributed by atoms with E-state index in [0.717, 1.165) is 24.5 Å². The zero-order chi connectivity index (χ0) is 13.4. The molecule has 1 saturated carbocycles. The first-order valence-electron chi connectivity index (χ1n) is 8.15. The van der Waals surface area contributed by atoms with E-state index in [1.165, 1.54) is 51.6 Å². The van der Waals surface area contributed by atoms with E-state index in [2.05, 4.69) is 37.9 Å². The molecule has 0 spiro atoms. The van der Waals surface area contributed by atoms with Crippen LogP contribution in [0.1, 0.15) is 66.2 Å². The average molecular weight is 254 g/mol. The van der Waals surface area contributed by atoms with Gasteiger partial charge in [0, 0.05) is 25.2 Å². The van der Waals surface area contributed by atoms with E-state index in [1.807, 2.05) is 0 Å². The predicted octanol–water partition coefficient (Wildman–Crippen LogP) is 3.67. The molecule has 1 rings (SSSR count). The van der Waals surface area contributed by atoms with Gasteiger partial charge >= 0.3 is 0 Å². The monoisotopic (exact) mass is 254 g/mol. The van der Waals surface area contributed by atoms with Crippen LogP contribution in [0.2, 0.25) is 0 Å². The molecule has 1 fully saturated rings. The van der Waals surface area contributed by atoms with E-state index in [0.29, 0.717) is 0 Å². The van der Waals surface area contributed by atoms with Crippen molar-refractivity contribution in [1.82, 2.24) is 10.2 Å². The summed E-state index contributed by atoms with van der Waals surface area (Å²) in [5.74, 6) is 0.784. The van der Waals surface area contributed by atoms with E-state index in [4.69, 9.17) is 0 Å². The Bertz CT molecular complexity index is 197. The lowest BCUT2D eigenvalue weighted by Crippen LogP contribution is -2.48. The third-order valence-corrected chi connectivity index (χ3v) is 4.09. The summed E-state index contributed by atoms with van der Waals surface area (Å²) in [5, 5.41) is 3.57. The molecule has 0 aliphatic heterocycles. The van der Waals surface area contributed by atoms with E-state index < -0.39 is 0 Å². The molecule has 0 aromatic heterocycles. The van der Waals surface area contributed by atoms with E-state index in [9.17, 15) is 0 Å². The Morgan fingerprint density at radius 2 is 1.83 bits per heavy atom. The maximum atomic E-state index is 3.57. The number of rotatable bonds is 9. The molecule has 1 aliphatic rings. The van der Waals surface area contributed by atoms with Gasteiger partial charge in [0.25, 0.3) is 0 Å². The van der Waals surface area contributed by atoms with Gasteiger partial charge in [0.15, 0.2) is 0 Å². The molecule has 1 N–H and O–H groups in total. The molecule has 1 unspecified atom stereocenters. The third-order valence-electron chi connectivity index (χ3n) is 4.09. The zero-order valence-corrected chi connectivity index (χ0v) is 13.0. The topological polar surface area (TPSA) is 15.3 Å². The fraction of sp³-hybridized carbons (Fsp3) is 1.00. The van der Waals surface area contributed by atoms with Crippen molar-refractivity contribution in [2.45, 2.75) is 78.3 Å². The second-order valence-corrected chi connectivity index (χ2v) is 6.28. The number of nitrogens with zero attached hydrogens (tertiary/aromatic N) is 1. The molecule has 18 heavy (non-hydrogen) atoms. The van der Waals surface area contributed by atoms with Crippen molar-refractivity contribution in [3.8, 4) is 0 Å². The molecular weight excluding hydrogens is 220 g/mol. The van der Waals surface area contributed by atoms with Crippen LogP contribution in [0.25, 0.3) is 0 Å². The lowest BCUT2D eigenvalue weighted by molar-refractivity contribution is 0.110. The smallest absolute Gasteiger partial charge is 0.0223 e. The van der Waals surface area contributed by atoms with Crippen molar-refractivity contribution in [1.29, 1.82) is 0 Å². The van der Waals surface area contributed by atoms with E-state index >= 15 is 0 Å². The Kier molecular flexibility index (Phi) is 7.92. The van der Waals surface area contributed by atoms with Crippen LogP contribution < -0.4 is 5.32 Å². The van der Waals surface area contributed by atoms with Gasteiger partial charge in [-0.05, 0) is 31.7 Å². The first-order chi connectivity index (χ1) is 8.69. The Morgan fingerprint density at radius 1 is 1.17 bits per heavy atom. The van der Waals surface area contributed by atoms with Gasteiger partial charge in [-0.2, -0.15) is 0 Å². The minimum Gasteiger partial charge on any atom is -0.315 e. The molecule has 1 aliphatic carbocycles. The van der Waals surface area contributed by atoms with Crippen molar-refractivity contribution in [2.24, 2.45) is 5.92 Å². The van der Waals surface area contributed by atoms with Crippen LogP contribution in [0.15, 0.2) is 0 Å². The highest BCUT2D eigenvalue weighted by Crippen LogP contribution is 2.27. The lowest BCUT2D eigenvalue weighted by atomic mass is 10.0. The summed E-state index contributed by atoms with van der Waals surface area (Å²) in [5.41, 5.74) is 0. The fourth-order valence-electron chi connectivity index (χ4n) is 3.28. The highest BCUT2D eigenvalue weighted by atomic mass is 15.2. The van der Waals surface area contributed by atoms with Gasteiger partial charge in [-0.15, -0.1) is 0 Å². The van der Waals surface area contributed by atoms with Gasteiger partial charge in [0.1, 0.15) is 0 Å². The highest BCUT2D eigenvalue weighted by Gasteiger charge is 2.28. The van der Waals surface area contributed by atoms with E-state index in [1.54, 1.807) is 0 Å². The quantitative estimate of drug-likeness (QED) is 0.675. The van der Waals surface area contributed by atoms with Crippen LogP contribution in [-0.4, -0.2) is 36.6 Å². The van der Waals surface area contributed by atoms with Crippen molar-refractivity contribution < 1.29 is 0 Å². The number of nitrogens with one attached hydrogen (secondary N) is 1. The maximum Gasteiger partial charge on any atom is 0.0223 e. The Hall–Kier alpha value is -0.0800. The number of hydrogen-bond donors (Lipinski definition) is 1. The van der Waals surface area contributed by atoms with Gasteiger partial charge in [-0.1, -0.05) is 47.0 Å². The molecule has 2 heteroatoms. The van der Waals surface area contributed by atoms with Crippen molar-refractivity contribution in [3.05, 3.63) is 0 Å². The molecular formula is C16H34N2. The average Bonchev–Trinajstić information content (AvgIpc) is 2.85.